The van der Waals surface area contributed by atoms with Gasteiger partial charge in [-0.25, -0.2) is 9.13 Å². The lowest BCUT2D eigenvalue weighted by molar-refractivity contribution is -0.161. The number of hydrogen-bond donors (Lipinski definition) is 3. The first-order chi connectivity index (χ1) is 42.4. The van der Waals surface area contributed by atoms with Crippen LogP contribution in [0.2, 0.25) is 0 Å². The molecule has 0 fully saturated rings. The molecule has 0 aliphatic heterocycles. The van der Waals surface area contributed by atoms with E-state index in [2.05, 4.69) is 41.5 Å². The van der Waals surface area contributed by atoms with Gasteiger partial charge in [0.05, 0.1) is 26.4 Å². The second-order valence-electron chi connectivity index (χ2n) is 25.9. The molecule has 19 heteroatoms. The highest BCUT2D eigenvalue weighted by atomic mass is 31.2. The Morgan fingerprint density at radius 2 is 0.523 bits per heavy atom. The Morgan fingerprint density at radius 1 is 0.307 bits per heavy atom. The van der Waals surface area contributed by atoms with E-state index in [0.717, 1.165) is 108 Å². The Balaban J connectivity index is 5.13. The number of phosphoric ester groups is 2. The number of rotatable bonds is 68. The number of carbonyl (C=O) groups is 4. The molecular weight excluding hydrogens is 1160 g/mol. The van der Waals surface area contributed by atoms with E-state index in [0.29, 0.717) is 25.7 Å². The molecule has 0 bridgehead atoms. The minimum Gasteiger partial charge on any atom is -0.462 e. The zero-order valence-corrected chi connectivity index (χ0v) is 58.8. The molecule has 0 aromatic rings. The summed E-state index contributed by atoms with van der Waals surface area (Å²) >= 11 is 0. The van der Waals surface area contributed by atoms with E-state index in [1.807, 2.05) is 0 Å². The van der Waals surface area contributed by atoms with E-state index >= 15 is 0 Å². The van der Waals surface area contributed by atoms with Gasteiger partial charge in [0.2, 0.25) is 0 Å². The first kappa shape index (κ1) is 86.1. The van der Waals surface area contributed by atoms with Crippen LogP contribution in [0.4, 0.5) is 0 Å². The fraction of sp³-hybridized carbons (Fsp3) is 0.942. The molecule has 522 valence electrons. The van der Waals surface area contributed by atoms with Crippen LogP contribution >= 0.6 is 15.6 Å². The lowest BCUT2D eigenvalue weighted by Crippen LogP contribution is -2.30. The van der Waals surface area contributed by atoms with Gasteiger partial charge in [0, 0.05) is 25.7 Å². The zero-order valence-electron chi connectivity index (χ0n) is 57.0. The summed E-state index contributed by atoms with van der Waals surface area (Å²) in [7, 11) is -9.88. The summed E-state index contributed by atoms with van der Waals surface area (Å²) in [5.74, 6) is -0.547. The quantitative estimate of drug-likeness (QED) is 0.0222. The van der Waals surface area contributed by atoms with E-state index < -0.39 is 97.5 Å². The van der Waals surface area contributed by atoms with Crippen LogP contribution in [-0.4, -0.2) is 96.7 Å². The highest BCUT2D eigenvalue weighted by molar-refractivity contribution is 7.47. The van der Waals surface area contributed by atoms with Crippen molar-refractivity contribution >= 4 is 39.5 Å². The van der Waals surface area contributed by atoms with Gasteiger partial charge in [0.25, 0.3) is 0 Å². The Kier molecular flexibility index (Phi) is 59.9. The van der Waals surface area contributed by atoms with Crippen molar-refractivity contribution in [3.05, 3.63) is 0 Å². The summed E-state index contributed by atoms with van der Waals surface area (Å²) in [5, 5.41) is 10.5. The van der Waals surface area contributed by atoms with Gasteiger partial charge >= 0.3 is 39.5 Å². The summed E-state index contributed by atoms with van der Waals surface area (Å²) in [6.07, 6.45) is 46.3. The monoisotopic (exact) mass is 1300 g/mol. The molecule has 0 saturated heterocycles. The molecule has 5 atom stereocenters. The SMILES string of the molecule is CCCCCCCCCCCC(=O)O[C@H](COC(=O)CCCCCCC)COP(=O)(O)OC[C@H](O)COP(=O)(O)OC[C@@H](COC(=O)CCCCCCCCCCCCCCC(C)C)OC(=O)CCCCCCCCCCCCCCCCCCC(C)C. The maximum Gasteiger partial charge on any atom is 0.472 e. The predicted molar refractivity (Wildman–Crippen MR) is 354 cm³/mol. The van der Waals surface area contributed by atoms with Gasteiger partial charge in [0.1, 0.15) is 19.3 Å². The Labute approximate surface area is 537 Å². The van der Waals surface area contributed by atoms with Gasteiger partial charge < -0.3 is 33.8 Å². The van der Waals surface area contributed by atoms with Gasteiger partial charge in [-0.15, -0.1) is 0 Å². The largest absolute Gasteiger partial charge is 0.472 e. The van der Waals surface area contributed by atoms with Crippen molar-refractivity contribution in [2.24, 2.45) is 11.8 Å². The van der Waals surface area contributed by atoms with Crippen molar-refractivity contribution in [3.8, 4) is 0 Å². The third-order valence-corrected chi connectivity index (χ3v) is 17.9. The van der Waals surface area contributed by atoms with Gasteiger partial charge in [0.15, 0.2) is 12.2 Å². The van der Waals surface area contributed by atoms with Gasteiger partial charge in [-0.3, -0.25) is 37.3 Å². The first-order valence-corrected chi connectivity index (χ1v) is 39.0. The molecule has 17 nitrogen and oxygen atoms in total. The topological polar surface area (TPSA) is 237 Å². The Morgan fingerprint density at radius 3 is 0.773 bits per heavy atom. The van der Waals surface area contributed by atoms with Crippen LogP contribution in [0.1, 0.15) is 350 Å². The number of hydrogen-bond acceptors (Lipinski definition) is 15. The van der Waals surface area contributed by atoms with Crippen LogP contribution in [0.15, 0.2) is 0 Å². The molecule has 0 saturated carbocycles. The molecule has 0 aliphatic rings. The summed E-state index contributed by atoms with van der Waals surface area (Å²) in [5.41, 5.74) is 0. The van der Waals surface area contributed by atoms with E-state index in [-0.39, 0.29) is 25.7 Å². The number of phosphoric acid groups is 2. The lowest BCUT2D eigenvalue weighted by Gasteiger charge is -2.21. The smallest absolute Gasteiger partial charge is 0.462 e. The fourth-order valence-corrected chi connectivity index (χ4v) is 12.0. The predicted octanol–water partition coefficient (Wildman–Crippen LogP) is 19.6. The summed E-state index contributed by atoms with van der Waals surface area (Å²) in [4.78, 5) is 72.1. The maximum absolute atomic E-state index is 13.0. The second kappa shape index (κ2) is 61.3. The summed E-state index contributed by atoms with van der Waals surface area (Å²) < 4.78 is 68.0. The van der Waals surface area contributed by atoms with Crippen molar-refractivity contribution < 1.29 is 80.2 Å². The molecule has 0 radical (unpaired) electrons. The van der Waals surface area contributed by atoms with E-state index in [1.165, 1.54) is 161 Å². The number of esters is 4. The van der Waals surface area contributed by atoms with Crippen molar-refractivity contribution in [3.63, 3.8) is 0 Å². The van der Waals surface area contributed by atoms with Crippen LogP contribution in [-0.2, 0) is 65.4 Å². The standard InChI is InChI=1S/C69H134O17P2/c1-7-9-11-13-14-27-35-41-47-53-68(73)85-64(57-79-66(71)51-45-37-12-10-8-2)59-83-87(75,76)81-55-63(70)56-82-88(77,78)84-60-65(58-80-67(72)52-46-40-34-30-25-22-21-24-29-33-39-44-50-62(5)6)86-69(74)54-48-42-36-31-26-20-18-16-15-17-19-23-28-32-38-43-49-61(3)4/h61-65,70H,7-60H2,1-6H3,(H,75,76)(H,77,78)/t63-,64+,65+/m0/s1. The molecule has 3 N–H and O–H groups in total. The van der Waals surface area contributed by atoms with Crippen molar-refractivity contribution in [1.82, 2.24) is 0 Å². The second-order valence-corrected chi connectivity index (χ2v) is 28.8. The summed E-state index contributed by atoms with van der Waals surface area (Å²) in [6.45, 7) is 9.48. The molecule has 88 heavy (non-hydrogen) atoms. The van der Waals surface area contributed by atoms with E-state index in [1.54, 1.807) is 0 Å². The number of ether oxygens (including phenoxy) is 4. The minimum atomic E-state index is -4.95. The molecule has 0 spiro atoms. The molecule has 0 aromatic carbocycles. The molecule has 0 heterocycles. The third kappa shape index (κ3) is 62.8. The molecular formula is C69H134O17P2. The van der Waals surface area contributed by atoms with Crippen LogP contribution in [0.5, 0.6) is 0 Å². The molecule has 2 unspecified atom stereocenters. The normalized spacial score (nSPS) is 14.2. The van der Waals surface area contributed by atoms with Crippen molar-refractivity contribution in [2.75, 3.05) is 39.6 Å². The highest BCUT2D eigenvalue weighted by Gasteiger charge is 2.30. The molecule has 0 aliphatic carbocycles. The number of unbranched alkanes of at least 4 members (excludes halogenated alkanes) is 38. The average molecular weight is 1300 g/mol. The lowest BCUT2D eigenvalue weighted by atomic mass is 10.0. The van der Waals surface area contributed by atoms with Crippen LogP contribution in [0, 0.1) is 11.8 Å². The Hall–Kier alpha value is -1.94. The van der Waals surface area contributed by atoms with Crippen molar-refractivity contribution in [1.29, 1.82) is 0 Å². The number of aliphatic hydroxyl groups excluding tert-OH is 1. The number of carbonyl (C=O) groups excluding carboxylic acids is 4. The maximum atomic E-state index is 13.0. The average Bonchev–Trinajstić information content (AvgIpc) is 3.68. The molecule has 0 aromatic heterocycles. The van der Waals surface area contributed by atoms with Gasteiger partial charge in [-0.05, 0) is 37.5 Å². The zero-order chi connectivity index (χ0) is 65.0. The van der Waals surface area contributed by atoms with E-state index in [4.69, 9.17) is 37.0 Å². The van der Waals surface area contributed by atoms with Gasteiger partial charge in [-0.2, -0.15) is 0 Å². The summed E-state index contributed by atoms with van der Waals surface area (Å²) in [6, 6.07) is 0. The van der Waals surface area contributed by atoms with Crippen molar-refractivity contribution in [2.45, 2.75) is 368 Å². The van der Waals surface area contributed by atoms with E-state index in [9.17, 15) is 43.2 Å². The fourth-order valence-electron chi connectivity index (χ4n) is 10.4. The minimum absolute atomic E-state index is 0.105. The highest BCUT2D eigenvalue weighted by Crippen LogP contribution is 2.45. The van der Waals surface area contributed by atoms with Crippen LogP contribution in [0.3, 0.4) is 0 Å². The molecule has 0 amide bonds. The first-order valence-electron chi connectivity index (χ1n) is 36.0. The Bertz CT molecular complexity index is 1720. The third-order valence-electron chi connectivity index (χ3n) is 16.0. The van der Waals surface area contributed by atoms with Crippen LogP contribution < -0.4 is 0 Å². The number of aliphatic hydroxyl groups is 1. The van der Waals surface area contributed by atoms with Crippen LogP contribution in [0.25, 0.3) is 0 Å². The molecule has 0 rings (SSSR count). The van der Waals surface area contributed by atoms with Gasteiger partial charge in [-0.1, -0.05) is 298 Å².